The van der Waals surface area contributed by atoms with E-state index in [1.165, 1.54) is 12.1 Å². The number of carbonyl (C=O) groups excluding carboxylic acids is 1. The molecular weight excluding hydrogens is 274 g/mol. The summed E-state index contributed by atoms with van der Waals surface area (Å²) in [4.78, 5) is 12.2. The highest BCUT2D eigenvalue weighted by molar-refractivity contribution is 6.38. The van der Waals surface area contributed by atoms with E-state index in [0.29, 0.717) is 10.6 Å². The fourth-order valence-electron chi connectivity index (χ4n) is 1.62. The van der Waals surface area contributed by atoms with Crippen molar-refractivity contribution in [3.63, 3.8) is 0 Å². The first kappa shape index (κ1) is 13.1. The highest BCUT2D eigenvalue weighted by Crippen LogP contribution is 2.25. The van der Waals surface area contributed by atoms with E-state index in [1.807, 2.05) is 6.92 Å². The predicted molar refractivity (Wildman–Crippen MR) is 71.0 cm³/mol. The number of ketones is 1. The van der Waals surface area contributed by atoms with Gasteiger partial charge in [0.2, 0.25) is 0 Å². The number of halogens is 3. The average Bonchev–Trinajstić information content (AvgIpc) is 2.31. The number of rotatable bonds is 2. The highest BCUT2D eigenvalue weighted by atomic mass is 35.5. The molecule has 0 aromatic heterocycles. The molecule has 92 valence electrons. The first-order chi connectivity index (χ1) is 8.49. The van der Waals surface area contributed by atoms with Gasteiger partial charge >= 0.3 is 0 Å². The maximum Gasteiger partial charge on any atom is 0.196 e. The van der Waals surface area contributed by atoms with Crippen LogP contribution in [0.5, 0.6) is 0 Å². The first-order valence-corrected chi connectivity index (χ1v) is 6.00. The number of aryl methyl sites for hydroxylation is 1. The van der Waals surface area contributed by atoms with Crippen LogP contribution in [0.2, 0.25) is 10.0 Å². The summed E-state index contributed by atoms with van der Waals surface area (Å²) in [5.74, 6) is -0.893. The molecule has 2 rings (SSSR count). The van der Waals surface area contributed by atoms with E-state index < -0.39 is 5.82 Å². The van der Waals surface area contributed by atoms with Crippen molar-refractivity contribution in [3.05, 3.63) is 69.0 Å². The molecular formula is C14H9Cl2FO. The fraction of sp³-hybridized carbons (Fsp3) is 0.0714. The molecule has 0 amide bonds. The lowest BCUT2D eigenvalue weighted by Crippen LogP contribution is -2.04. The molecule has 18 heavy (non-hydrogen) atoms. The zero-order chi connectivity index (χ0) is 13.3. The van der Waals surface area contributed by atoms with Crippen molar-refractivity contribution in [2.45, 2.75) is 6.92 Å². The van der Waals surface area contributed by atoms with Crippen molar-refractivity contribution >= 4 is 29.0 Å². The van der Waals surface area contributed by atoms with E-state index in [0.717, 1.165) is 11.6 Å². The Kier molecular flexibility index (Phi) is 3.69. The maximum atomic E-state index is 13.1. The van der Waals surface area contributed by atoms with Crippen LogP contribution in [-0.2, 0) is 0 Å². The Bertz CT molecular complexity index is 623. The van der Waals surface area contributed by atoms with Gasteiger partial charge in [-0.25, -0.2) is 4.39 Å². The zero-order valence-electron chi connectivity index (χ0n) is 9.51. The zero-order valence-corrected chi connectivity index (χ0v) is 11.0. The third-order valence-electron chi connectivity index (χ3n) is 2.54. The fourth-order valence-corrected chi connectivity index (χ4v) is 2.15. The van der Waals surface area contributed by atoms with Crippen LogP contribution in [0.15, 0.2) is 36.4 Å². The van der Waals surface area contributed by atoms with Crippen molar-refractivity contribution in [2.75, 3.05) is 0 Å². The molecule has 0 radical (unpaired) electrons. The van der Waals surface area contributed by atoms with Gasteiger partial charge in [-0.1, -0.05) is 29.3 Å². The summed E-state index contributed by atoms with van der Waals surface area (Å²) >= 11 is 11.9. The van der Waals surface area contributed by atoms with Crippen LogP contribution in [0, 0.1) is 12.7 Å². The molecule has 0 aliphatic heterocycles. The minimum Gasteiger partial charge on any atom is -0.288 e. The number of hydrogen-bond acceptors (Lipinski definition) is 1. The summed E-state index contributed by atoms with van der Waals surface area (Å²) in [6.45, 7) is 1.87. The van der Waals surface area contributed by atoms with Gasteiger partial charge in [-0.05, 0) is 42.8 Å². The van der Waals surface area contributed by atoms with Crippen molar-refractivity contribution < 1.29 is 9.18 Å². The first-order valence-electron chi connectivity index (χ1n) is 5.25. The van der Waals surface area contributed by atoms with Gasteiger partial charge in [0, 0.05) is 11.1 Å². The van der Waals surface area contributed by atoms with Crippen molar-refractivity contribution in [1.82, 2.24) is 0 Å². The average molecular weight is 283 g/mol. The second kappa shape index (κ2) is 5.09. The number of benzene rings is 2. The molecule has 2 aromatic carbocycles. The Balaban J connectivity index is 2.51. The van der Waals surface area contributed by atoms with Crippen molar-refractivity contribution in [1.29, 1.82) is 0 Å². The van der Waals surface area contributed by atoms with Gasteiger partial charge < -0.3 is 0 Å². The molecule has 0 saturated carbocycles. The minimum atomic E-state index is -0.508. The van der Waals surface area contributed by atoms with Crippen LogP contribution in [0.1, 0.15) is 21.5 Å². The molecule has 0 fully saturated rings. The van der Waals surface area contributed by atoms with E-state index in [4.69, 9.17) is 23.2 Å². The van der Waals surface area contributed by atoms with Gasteiger partial charge in [0.1, 0.15) is 5.82 Å². The monoisotopic (exact) mass is 282 g/mol. The van der Waals surface area contributed by atoms with Crippen LogP contribution < -0.4 is 0 Å². The summed E-state index contributed by atoms with van der Waals surface area (Å²) in [6.07, 6.45) is 0. The second-order valence-corrected chi connectivity index (χ2v) is 4.75. The Hall–Kier alpha value is -1.38. The van der Waals surface area contributed by atoms with Gasteiger partial charge in [0.25, 0.3) is 0 Å². The topological polar surface area (TPSA) is 17.1 Å². The largest absolute Gasteiger partial charge is 0.288 e. The highest BCUT2D eigenvalue weighted by Gasteiger charge is 2.16. The summed E-state index contributed by atoms with van der Waals surface area (Å²) in [7, 11) is 0. The van der Waals surface area contributed by atoms with Gasteiger partial charge in [0.15, 0.2) is 5.78 Å². The third kappa shape index (κ3) is 2.55. The van der Waals surface area contributed by atoms with Crippen LogP contribution >= 0.6 is 23.2 Å². The molecule has 0 unspecified atom stereocenters. The van der Waals surface area contributed by atoms with E-state index in [-0.39, 0.29) is 16.4 Å². The van der Waals surface area contributed by atoms with Crippen LogP contribution in [-0.4, -0.2) is 5.78 Å². The molecule has 2 aromatic rings. The Morgan fingerprint density at radius 3 is 2.39 bits per heavy atom. The molecule has 0 bridgehead atoms. The van der Waals surface area contributed by atoms with Gasteiger partial charge in [-0.2, -0.15) is 0 Å². The molecule has 4 heteroatoms. The standard InChI is InChI=1S/C14H9Cl2FO/c1-8-2-4-10(13(16)6-8)14(18)11-7-9(17)3-5-12(11)15/h2-7H,1H3. The molecule has 0 aliphatic rings. The third-order valence-corrected chi connectivity index (χ3v) is 3.18. The molecule has 0 spiro atoms. The second-order valence-electron chi connectivity index (χ2n) is 3.94. The SMILES string of the molecule is Cc1ccc(C(=O)c2cc(F)ccc2Cl)c(Cl)c1. The summed E-state index contributed by atoms with van der Waals surface area (Å²) in [5, 5.41) is 0.540. The van der Waals surface area contributed by atoms with Crippen LogP contribution in [0.25, 0.3) is 0 Å². The Morgan fingerprint density at radius 1 is 1.00 bits per heavy atom. The molecule has 0 saturated heterocycles. The minimum absolute atomic E-state index is 0.113. The van der Waals surface area contributed by atoms with Gasteiger partial charge in [0.05, 0.1) is 10.0 Å². The molecule has 0 atom stereocenters. The molecule has 1 nitrogen and oxygen atoms in total. The lowest BCUT2D eigenvalue weighted by Gasteiger charge is -2.06. The van der Waals surface area contributed by atoms with Crippen LogP contribution in [0.4, 0.5) is 4.39 Å². The smallest absolute Gasteiger partial charge is 0.196 e. The normalized spacial score (nSPS) is 10.4. The number of hydrogen-bond donors (Lipinski definition) is 0. The molecule has 0 heterocycles. The van der Waals surface area contributed by atoms with E-state index in [1.54, 1.807) is 18.2 Å². The van der Waals surface area contributed by atoms with E-state index in [2.05, 4.69) is 0 Å². The lowest BCUT2D eigenvalue weighted by atomic mass is 10.0. The van der Waals surface area contributed by atoms with Crippen LogP contribution in [0.3, 0.4) is 0 Å². The summed E-state index contributed by atoms with van der Waals surface area (Å²) in [6, 6.07) is 8.73. The maximum absolute atomic E-state index is 13.1. The predicted octanol–water partition coefficient (Wildman–Crippen LogP) is 4.67. The molecule has 0 aliphatic carbocycles. The Labute approximate surface area is 114 Å². The van der Waals surface area contributed by atoms with Gasteiger partial charge in [-0.15, -0.1) is 0 Å². The summed E-state index contributed by atoms with van der Waals surface area (Å²) < 4.78 is 13.1. The quantitative estimate of drug-likeness (QED) is 0.732. The van der Waals surface area contributed by atoms with Crippen molar-refractivity contribution in [3.8, 4) is 0 Å². The van der Waals surface area contributed by atoms with Gasteiger partial charge in [-0.3, -0.25) is 4.79 Å². The molecule has 0 N–H and O–H groups in total. The van der Waals surface area contributed by atoms with E-state index >= 15 is 0 Å². The number of carbonyl (C=O) groups is 1. The Morgan fingerprint density at radius 2 is 1.72 bits per heavy atom. The van der Waals surface area contributed by atoms with Crippen molar-refractivity contribution in [2.24, 2.45) is 0 Å². The lowest BCUT2D eigenvalue weighted by molar-refractivity contribution is 0.103. The summed E-state index contributed by atoms with van der Waals surface area (Å²) in [5.41, 5.74) is 1.37. The van der Waals surface area contributed by atoms with E-state index in [9.17, 15) is 9.18 Å².